The third-order valence-electron chi connectivity index (χ3n) is 3.39. The Morgan fingerprint density at radius 1 is 1.25 bits per heavy atom. The monoisotopic (exact) mass is 276 g/mol. The molecule has 0 fully saturated rings. The summed E-state index contributed by atoms with van der Waals surface area (Å²) < 4.78 is 0. The van der Waals surface area contributed by atoms with Gasteiger partial charge in [0, 0.05) is 12.1 Å². The number of anilines is 1. The van der Waals surface area contributed by atoms with Crippen molar-refractivity contribution in [2.75, 3.05) is 11.9 Å². The number of nitrogens with two attached hydrogens (primary N) is 1. The van der Waals surface area contributed by atoms with Gasteiger partial charge < -0.3 is 11.1 Å². The van der Waals surface area contributed by atoms with E-state index in [9.17, 15) is 4.79 Å². The van der Waals surface area contributed by atoms with Crippen LogP contribution in [0, 0.1) is 11.8 Å². The van der Waals surface area contributed by atoms with Gasteiger partial charge >= 0.3 is 0 Å². The third-order valence-corrected chi connectivity index (χ3v) is 3.39. The summed E-state index contributed by atoms with van der Waals surface area (Å²) >= 11 is 0. The number of hydrogen-bond acceptors (Lipinski definition) is 2. The lowest BCUT2D eigenvalue weighted by Gasteiger charge is -2.16. The fraction of sp³-hybridized carbons (Fsp3) is 0.588. The van der Waals surface area contributed by atoms with Crippen LogP contribution >= 0.6 is 0 Å². The lowest BCUT2D eigenvalue weighted by Crippen LogP contribution is -2.23. The van der Waals surface area contributed by atoms with Gasteiger partial charge in [-0.2, -0.15) is 0 Å². The summed E-state index contributed by atoms with van der Waals surface area (Å²) in [6.07, 6.45) is 3.72. The predicted molar refractivity (Wildman–Crippen MR) is 85.7 cm³/mol. The maximum atomic E-state index is 12.0. The third kappa shape index (κ3) is 6.20. The van der Waals surface area contributed by atoms with Crippen LogP contribution in [0.2, 0.25) is 0 Å². The Bertz CT molecular complexity index is 398. The minimum absolute atomic E-state index is 0.0596. The quantitative estimate of drug-likeness (QED) is 0.762. The van der Waals surface area contributed by atoms with Crippen LogP contribution in [0.25, 0.3) is 0 Å². The largest absolute Gasteiger partial charge is 0.330 e. The maximum absolute atomic E-state index is 12.0. The van der Waals surface area contributed by atoms with Gasteiger partial charge in [0.25, 0.3) is 0 Å². The average molecular weight is 276 g/mol. The van der Waals surface area contributed by atoms with Gasteiger partial charge in [0.15, 0.2) is 0 Å². The van der Waals surface area contributed by atoms with Crippen molar-refractivity contribution in [2.24, 2.45) is 17.6 Å². The molecule has 0 heterocycles. The van der Waals surface area contributed by atoms with Crippen molar-refractivity contribution >= 4 is 11.6 Å². The van der Waals surface area contributed by atoms with Crippen LogP contribution in [-0.4, -0.2) is 12.5 Å². The molecule has 0 aliphatic carbocycles. The molecule has 0 bridgehead atoms. The zero-order valence-corrected chi connectivity index (χ0v) is 13.0. The Morgan fingerprint density at radius 2 is 1.90 bits per heavy atom. The summed E-state index contributed by atoms with van der Waals surface area (Å²) in [4.78, 5) is 12.0. The second kappa shape index (κ2) is 8.75. The first-order valence-electron chi connectivity index (χ1n) is 7.64. The highest BCUT2D eigenvalue weighted by Gasteiger charge is 2.14. The molecule has 1 rings (SSSR count). The van der Waals surface area contributed by atoms with Crippen molar-refractivity contribution < 1.29 is 4.79 Å². The van der Waals surface area contributed by atoms with Gasteiger partial charge in [0.05, 0.1) is 0 Å². The van der Waals surface area contributed by atoms with Crippen molar-refractivity contribution in [3.05, 3.63) is 29.8 Å². The fourth-order valence-electron chi connectivity index (χ4n) is 2.45. The highest BCUT2D eigenvalue weighted by atomic mass is 16.1. The summed E-state index contributed by atoms with van der Waals surface area (Å²) in [5, 5.41) is 2.95. The Kier molecular flexibility index (Phi) is 7.31. The number of rotatable bonds is 8. The topological polar surface area (TPSA) is 55.1 Å². The molecule has 1 atom stereocenters. The van der Waals surface area contributed by atoms with E-state index in [1.165, 1.54) is 5.56 Å². The molecule has 3 heteroatoms. The van der Waals surface area contributed by atoms with Gasteiger partial charge in [0.1, 0.15) is 0 Å². The maximum Gasteiger partial charge on any atom is 0.224 e. The fourth-order valence-corrected chi connectivity index (χ4v) is 2.45. The lowest BCUT2D eigenvalue weighted by atomic mass is 9.94. The molecule has 0 aromatic heterocycles. The second-order valence-electron chi connectivity index (χ2n) is 5.93. The van der Waals surface area contributed by atoms with Crippen molar-refractivity contribution in [3.63, 3.8) is 0 Å². The van der Waals surface area contributed by atoms with Gasteiger partial charge in [-0.3, -0.25) is 4.79 Å². The summed E-state index contributed by atoms with van der Waals surface area (Å²) in [6, 6.07) is 8.10. The van der Waals surface area contributed by atoms with E-state index in [2.05, 4.69) is 38.2 Å². The molecule has 1 aromatic carbocycles. The van der Waals surface area contributed by atoms with E-state index in [0.717, 1.165) is 24.9 Å². The van der Waals surface area contributed by atoms with Crippen LogP contribution in [0.1, 0.15) is 45.6 Å². The molecule has 3 nitrogen and oxygen atoms in total. The van der Waals surface area contributed by atoms with E-state index in [1.54, 1.807) is 0 Å². The second-order valence-corrected chi connectivity index (χ2v) is 5.93. The number of aryl methyl sites for hydroxylation is 1. The Balaban J connectivity index is 2.48. The van der Waals surface area contributed by atoms with Crippen molar-refractivity contribution in [1.29, 1.82) is 0 Å². The van der Waals surface area contributed by atoms with E-state index >= 15 is 0 Å². The Hall–Kier alpha value is -1.35. The first kappa shape index (κ1) is 16.7. The summed E-state index contributed by atoms with van der Waals surface area (Å²) in [5.41, 5.74) is 7.92. The zero-order chi connectivity index (χ0) is 15.0. The SMILES string of the molecule is CCCc1ccc(NC(=O)C[C@@H](CN)CC(C)C)cc1. The van der Waals surface area contributed by atoms with Gasteiger partial charge in [0.2, 0.25) is 5.91 Å². The number of nitrogens with one attached hydrogen (secondary N) is 1. The minimum atomic E-state index is 0.0596. The van der Waals surface area contributed by atoms with Gasteiger partial charge in [-0.25, -0.2) is 0 Å². The first-order valence-corrected chi connectivity index (χ1v) is 7.64. The van der Waals surface area contributed by atoms with E-state index < -0.39 is 0 Å². The molecule has 0 spiro atoms. The van der Waals surface area contributed by atoms with Crippen LogP contribution in [0.3, 0.4) is 0 Å². The Morgan fingerprint density at radius 3 is 2.40 bits per heavy atom. The average Bonchev–Trinajstić information content (AvgIpc) is 2.40. The first-order chi connectivity index (χ1) is 9.55. The number of carbonyl (C=O) groups excluding carboxylic acids is 1. The molecule has 0 saturated heterocycles. The molecule has 0 saturated carbocycles. The molecule has 0 aliphatic heterocycles. The molecule has 0 aliphatic rings. The molecular weight excluding hydrogens is 248 g/mol. The number of benzene rings is 1. The van der Waals surface area contributed by atoms with Crippen LogP contribution < -0.4 is 11.1 Å². The number of amides is 1. The minimum Gasteiger partial charge on any atom is -0.330 e. The van der Waals surface area contributed by atoms with E-state index in [-0.39, 0.29) is 11.8 Å². The molecular formula is C17H28N2O. The van der Waals surface area contributed by atoms with E-state index in [1.807, 2.05) is 12.1 Å². The molecule has 20 heavy (non-hydrogen) atoms. The van der Waals surface area contributed by atoms with E-state index in [4.69, 9.17) is 5.73 Å². The van der Waals surface area contributed by atoms with Crippen LogP contribution in [0.15, 0.2) is 24.3 Å². The van der Waals surface area contributed by atoms with Crippen molar-refractivity contribution in [1.82, 2.24) is 0 Å². The molecule has 0 unspecified atom stereocenters. The Labute approximate surface area is 122 Å². The molecule has 1 amide bonds. The van der Waals surface area contributed by atoms with Crippen LogP contribution in [0.4, 0.5) is 5.69 Å². The number of hydrogen-bond donors (Lipinski definition) is 2. The lowest BCUT2D eigenvalue weighted by molar-refractivity contribution is -0.117. The van der Waals surface area contributed by atoms with Crippen LogP contribution in [-0.2, 0) is 11.2 Å². The number of carbonyl (C=O) groups is 1. The van der Waals surface area contributed by atoms with Crippen molar-refractivity contribution in [2.45, 2.75) is 46.5 Å². The summed E-state index contributed by atoms with van der Waals surface area (Å²) in [6.45, 7) is 7.05. The summed E-state index contributed by atoms with van der Waals surface area (Å²) in [7, 11) is 0. The molecule has 112 valence electrons. The molecule has 3 N–H and O–H groups in total. The predicted octanol–water partition coefficient (Wildman–Crippen LogP) is 3.59. The van der Waals surface area contributed by atoms with Gasteiger partial charge in [-0.1, -0.05) is 39.3 Å². The van der Waals surface area contributed by atoms with Gasteiger partial charge in [-0.05, 0) is 48.9 Å². The zero-order valence-electron chi connectivity index (χ0n) is 13.0. The highest BCUT2D eigenvalue weighted by Crippen LogP contribution is 2.16. The molecule has 1 aromatic rings. The van der Waals surface area contributed by atoms with Crippen molar-refractivity contribution in [3.8, 4) is 0 Å². The van der Waals surface area contributed by atoms with Crippen LogP contribution in [0.5, 0.6) is 0 Å². The smallest absolute Gasteiger partial charge is 0.224 e. The van der Waals surface area contributed by atoms with Gasteiger partial charge in [-0.15, -0.1) is 0 Å². The highest BCUT2D eigenvalue weighted by molar-refractivity contribution is 5.90. The standard InChI is InChI=1S/C17H28N2O/c1-4-5-14-6-8-16(9-7-14)19-17(20)11-15(12-18)10-13(2)3/h6-9,13,15H,4-5,10-12,18H2,1-3H3,(H,19,20)/t15-/m0/s1. The van der Waals surface area contributed by atoms with E-state index in [0.29, 0.717) is 18.9 Å². The molecule has 0 radical (unpaired) electrons. The normalized spacial score (nSPS) is 12.4. The summed E-state index contributed by atoms with van der Waals surface area (Å²) in [5.74, 6) is 0.906.